The molecule has 0 saturated carbocycles. The van der Waals surface area contributed by atoms with Gasteiger partial charge in [0.05, 0.1) is 0 Å². The number of nitrogens with one attached hydrogen (secondary N) is 2. The number of Topliss-reactive ketones (excluding diaryl/α,β-unsaturated/α-hetero) is 2. The van der Waals surface area contributed by atoms with Crippen molar-refractivity contribution in [3.05, 3.63) is 350 Å². The summed E-state index contributed by atoms with van der Waals surface area (Å²) in [6.45, 7) is 2.49. The number of aromatic nitrogens is 10. The fraction of sp³-hybridized carbons (Fsp3) is 0.0488. The van der Waals surface area contributed by atoms with Gasteiger partial charge in [-0.3, -0.25) is 87.8 Å². The Morgan fingerprint density at radius 1 is 0.305 bits per heavy atom. The number of pyridine rings is 10. The minimum atomic E-state index is -1.06. The molecule has 0 aliphatic rings. The van der Waals surface area contributed by atoms with Gasteiger partial charge in [-0.2, -0.15) is 19.2 Å². The van der Waals surface area contributed by atoms with E-state index in [0.29, 0.717) is 11.1 Å². The Bertz CT molecular complexity index is 3900. The van der Waals surface area contributed by atoms with Crippen molar-refractivity contribution >= 4 is 120 Å². The van der Waals surface area contributed by atoms with Gasteiger partial charge in [0.25, 0.3) is 0 Å². The molecule has 0 fully saturated rings. The van der Waals surface area contributed by atoms with E-state index < -0.39 is 11.9 Å². The van der Waals surface area contributed by atoms with Crippen molar-refractivity contribution in [1.82, 2.24) is 39.9 Å². The van der Waals surface area contributed by atoms with Crippen LogP contribution in [0.15, 0.2) is 294 Å². The number of hydrogen-bond acceptors (Lipinski definition) is 24. The van der Waals surface area contributed by atoms with Crippen molar-refractivity contribution in [2.45, 2.75) is 26.7 Å². The number of nitrogens with zero attached hydrogens (tertiary/aromatic N) is 8. The molecule has 10 aromatic rings. The summed E-state index contributed by atoms with van der Waals surface area (Å²) in [5.74, 6) is -2.97. The van der Waals surface area contributed by atoms with Gasteiger partial charge in [0.2, 0.25) is 0 Å². The molecule has 36 heteroatoms. The third-order valence-corrected chi connectivity index (χ3v) is 11.6. The maximum Gasteiger partial charge on any atom is 1.00 e. The van der Waals surface area contributed by atoms with Crippen LogP contribution in [-0.4, -0.2) is 144 Å². The Morgan fingerprint density at radius 2 is 0.492 bits per heavy atom. The third-order valence-electron chi connectivity index (χ3n) is 11.6. The number of carbonyl (C=O) groups is 10. The van der Waals surface area contributed by atoms with E-state index in [1.165, 1.54) is 56.5 Å². The van der Waals surface area contributed by atoms with Crippen LogP contribution in [0.2, 0.25) is 0 Å². The van der Waals surface area contributed by atoms with Crippen LogP contribution in [0.3, 0.4) is 0 Å². The molecule has 10 rings (SSSR count). The average molecular weight is 1710 g/mol. The summed E-state index contributed by atoms with van der Waals surface area (Å²) in [6, 6.07) is 36.6. The molecule has 608 valence electrons. The van der Waals surface area contributed by atoms with Gasteiger partial charge in [0.1, 0.15) is 30.7 Å². The number of carboxylic acids is 2. The van der Waals surface area contributed by atoms with Crippen LogP contribution < -0.4 is 119 Å². The first-order valence-corrected chi connectivity index (χ1v) is 31.4. The molecule has 0 aliphatic heterocycles. The molecule has 10 heterocycles. The molecule has 0 unspecified atom stereocenters. The largest absolute Gasteiger partial charge is 1.00 e. The molecule has 0 saturated heterocycles. The monoisotopic (exact) mass is 1710 g/mol. The van der Waals surface area contributed by atoms with Crippen molar-refractivity contribution in [1.29, 1.82) is 0 Å². The minimum absolute atomic E-state index is 0. The van der Waals surface area contributed by atoms with E-state index in [9.17, 15) is 47.9 Å². The molecule has 0 aliphatic carbocycles. The molecule has 0 bridgehead atoms. The summed E-state index contributed by atoms with van der Waals surface area (Å²) in [5, 5.41) is 15.7. The maximum absolute atomic E-state index is 11.6. The topological polar surface area (TPSA) is 534 Å². The summed E-state index contributed by atoms with van der Waals surface area (Å²) in [5.41, 5.74) is 8.79. The number of aliphatic carboxylic acids is 2. The molecule has 0 aromatic carbocycles. The van der Waals surface area contributed by atoms with Crippen LogP contribution >= 0.6 is 0 Å². The van der Waals surface area contributed by atoms with E-state index in [0.717, 1.165) is 57.1 Å². The summed E-state index contributed by atoms with van der Waals surface area (Å²) >= 11 is 0. The molecule has 10 N–H and O–H groups in total. The number of aldehydes is 2. The first-order valence-electron chi connectivity index (χ1n) is 31.4. The molecule has 0 amide bonds. The smallest absolute Gasteiger partial charge is 1.00 e. The van der Waals surface area contributed by atoms with E-state index in [4.69, 9.17) is 29.4 Å². The van der Waals surface area contributed by atoms with Crippen LogP contribution in [0.25, 0.3) is 48.6 Å². The number of H-pyrrole nitrogens is 2. The quantitative estimate of drug-likeness (QED) is 0.0275. The van der Waals surface area contributed by atoms with E-state index >= 15 is 0 Å². The van der Waals surface area contributed by atoms with E-state index in [-0.39, 0.29) is 190 Å². The van der Waals surface area contributed by atoms with Gasteiger partial charge in [-0.05, 0) is 204 Å². The van der Waals surface area contributed by atoms with Crippen molar-refractivity contribution in [3.63, 3.8) is 0 Å². The summed E-state index contributed by atoms with van der Waals surface area (Å²) < 4.78 is 0. The Morgan fingerprint density at radius 3 is 0.644 bits per heavy atom. The summed E-state index contributed by atoms with van der Waals surface area (Å²) in [7, 11) is 0. The molecule has 10 aromatic heterocycles. The zero-order chi connectivity index (χ0) is 79.3. The first kappa shape index (κ1) is 126. The molecular formula is C82H78Cl4N10Na2O20-2. The Balaban J connectivity index is -0.000000142. The molecule has 0 spiro atoms. The fourth-order valence-electron chi connectivity index (χ4n) is 6.83. The predicted molar refractivity (Wildman–Crippen MR) is 410 cm³/mol. The maximum atomic E-state index is 11.6. The van der Waals surface area contributed by atoms with E-state index in [2.05, 4.69) is 49.8 Å². The number of rotatable bonds is 22. The Labute approximate surface area is 748 Å². The van der Waals surface area contributed by atoms with Gasteiger partial charge in [-0.25, -0.2) is 9.97 Å². The van der Waals surface area contributed by atoms with Crippen molar-refractivity contribution in [3.8, 4) is 0 Å². The van der Waals surface area contributed by atoms with Crippen LogP contribution in [0, 0.1) is 0 Å². The van der Waals surface area contributed by atoms with E-state index in [1.54, 1.807) is 178 Å². The Hall–Kier alpha value is -12.5. The number of allylic oxidation sites excluding steroid dienone is 8. The SMILES string of the molecule is CC(=O)CC(=O)O.CC(=O)CC(=O)O.O.O.O=C(/C=C/c1cc[nH+]cc1)/C=C/c1cc[nH+]cc1.O=C(/C=C/c1cccnc1)/C=C/c1cccnc1.O=C(/C=C/c1cccnc1)/C=C/c1cccnc1.O=C(/C=C/c1ccncc1)/C=C/c1ccncc1.O=C=O.O=C=O.O=Cc1cccnc1.O=Cc1ccncc1.[Cl-].[Cl-].[Cl-].[Cl-].[Na+].[Na+].[OH-].[OH-]. The van der Waals surface area contributed by atoms with Crippen molar-refractivity contribution < 1.29 is 218 Å². The number of carboxylic acid groups (broad SMARTS) is 2. The fourth-order valence-corrected chi connectivity index (χ4v) is 6.83. The van der Waals surface area contributed by atoms with Gasteiger partial charge in [-0.15, -0.1) is 0 Å². The zero-order valence-corrected chi connectivity index (χ0v) is 70.5. The summed E-state index contributed by atoms with van der Waals surface area (Å²) in [6.07, 6.45) is 61.6. The van der Waals surface area contributed by atoms with Crippen molar-refractivity contribution in [2.75, 3.05) is 0 Å². The van der Waals surface area contributed by atoms with Crippen LogP contribution in [0.1, 0.15) is 91.9 Å². The van der Waals surface area contributed by atoms with Crippen LogP contribution in [0.5, 0.6) is 0 Å². The van der Waals surface area contributed by atoms with Crippen LogP contribution in [-0.2, 0) is 57.5 Å². The third kappa shape index (κ3) is 76.1. The molecule has 118 heavy (non-hydrogen) atoms. The first-order chi connectivity index (χ1) is 52.3. The van der Waals surface area contributed by atoms with E-state index in [1.807, 2.05) is 122 Å². The second kappa shape index (κ2) is 86.9. The second-order valence-corrected chi connectivity index (χ2v) is 20.2. The van der Waals surface area contributed by atoms with Gasteiger partial charge < -0.3 is 81.7 Å². The van der Waals surface area contributed by atoms with Gasteiger partial charge in [0.15, 0.2) is 54.2 Å². The number of aromatic amines is 2. The predicted octanol–water partition coefficient (Wildman–Crippen LogP) is -9.33. The molecule has 0 radical (unpaired) electrons. The standard InChI is InChI=1S/4C15H12N2O.2C6H5NO.2C4H6O3.2CO2.4ClH.2Na.4H2O/c2*18-15(3-1-13-5-9-16-10-6-13)4-2-14-7-11-17-12-8-14;2*18-15(7-5-13-3-1-9-16-11-13)8-6-14-4-2-10-17-12-14;8-5-6-1-3-7-4-2-6;8-5-6-2-1-3-7-4-6;2*1-3(5)2-4(6)7;2*2-1-3;;;;;;;;;;/h4*1-12H;2*1-5H;2*2H2,1H3,(H,6,7);;;4*1H;;;4*1H2/q;;;;;;;;;;;;;;2*+1;;;;/p-4/b2*3-1+,4-2+;2*7-5+,8-6+;;;;;;;;;;;;;;;;. The van der Waals surface area contributed by atoms with Gasteiger partial charge in [0, 0.05) is 135 Å². The van der Waals surface area contributed by atoms with Gasteiger partial charge >= 0.3 is 83.4 Å². The second-order valence-electron chi connectivity index (χ2n) is 20.2. The molecule has 30 nitrogen and oxygen atoms in total. The van der Waals surface area contributed by atoms with Crippen LogP contribution in [0.4, 0.5) is 0 Å². The average Bonchev–Trinajstić information content (AvgIpc) is 0.778. The number of ketones is 6. The number of halogens is 4. The normalized spacial score (nSPS) is 9.03. The zero-order valence-electron chi connectivity index (χ0n) is 63.5. The number of hydrogen-bond donors (Lipinski definition) is 2. The summed E-state index contributed by atoms with van der Waals surface area (Å²) in [4.78, 5) is 175. The van der Waals surface area contributed by atoms with Crippen molar-refractivity contribution in [2.24, 2.45) is 0 Å². The minimum Gasteiger partial charge on any atom is -1.00 e. The molecule has 0 atom stereocenters. The Kier molecular flexibility index (Phi) is 93.0. The number of carbonyl (C=O) groups excluding carboxylic acids is 12. The van der Waals surface area contributed by atoms with Gasteiger partial charge in [-0.1, -0.05) is 48.6 Å². The molecular weight excluding hydrogens is 1630 g/mol.